The molecule has 0 radical (unpaired) electrons. The van der Waals surface area contributed by atoms with E-state index in [1.54, 1.807) is 19.4 Å². The third kappa shape index (κ3) is 3.38. The second-order valence-corrected chi connectivity index (χ2v) is 4.30. The van der Waals surface area contributed by atoms with Crippen LogP contribution in [0.4, 0.5) is 5.82 Å². The van der Waals surface area contributed by atoms with E-state index in [-0.39, 0.29) is 0 Å². The zero-order valence-electron chi connectivity index (χ0n) is 10.5. The highest BCUT2D eigenvalue weighted by Crippen LogP contribution is 2.15. The smallest absolute Gasteiger partial charge is 0.159 e. The highest BCUT2D eigenvalue weighted by atomic mass is 32.1. The monoisotopic (exact) mass is 274 g/mol. The molecule has 2 aromatic rings. The molecule has 1 aromatic heterocycles. The number of anilines is 1. The van der Waals surface area contributed by atoms with Crippen molar-refractivity contribution in [3.05, 3.63) is 47.7 Å². The molecule has 0 amide bonds. The number of thiocarbonyl (C=S) groups is 1. The molecule has 98 valence electrons. The number of nitrogens with one attached hydrogen (secondary N) is 1. The van der Waals surface area contributed by atoms with Gasteiger partial charge in [0, 0.05) is 6.54 Å². The molecule has 0 aliphatic heterocycles. The predicted molar refractivity (Wildman–Crippen MR) is 78.2 cm³/mol. The van der Waals surface area contributed by atoms with Crippen LogP contribution >= 0.6 is 12.2 Å². The molecular weight excluding hydrogens is 260 g/mol. The summed E-state index contributed by atoms with van der Waals surface area (Å²) in [6.45, 7) is 0.589. The predicted octanol–water partition coefficient (Wildman–Crippen LogP) is 1.73. The number of methoxy groups -OCH3 is 1. The van der Waals surface area contributed by atoms with Crippen molar-refractivity contribution < 1.29 is 4.74 Å². The Hall–Kier alpha value is -2.21. The van der Waals surface area contributed by atoms with Crippen LogP contribution in [0, 0.1) is 0 Å². The SMILES string of the molecule is COc1cccc(CNc2nnccc2C(N)=S)c1. The van der Waals surface area contributed by atoms with Crippen LogP contribution in [0.15, 0.2) is 36.5 Å². The fraction of sp³-hybridized carbons (Fsp3) is 0.154. The Kier molecular flexibility index (Phi) is 4.25. The average Bonchev–Trinajstić information content (AvgIpc) is 2.45. The fourth-order valence-electron chi connectivity index (χ4n) is 1.63. The maximum absolute atomic E-state index is 5.63. The van der Waals surface area contributed by atoms with Crippen LogP contribution in [0.5, 0.6) is 5.75 Å². The van der Waals surface area contributed by atoms with E-state index in [9.17, 15) is 0 Å². The molecular formula is C13H14N4OS. The Bertz CT molecular complexity index is 588. The number of ether oxygens (including phenoxy) is 1. The van der Waals surface area contributed by atoms with Crippen LogP contribution in [0.1, 0.15) is 11.1 Å². The summed E-state index contributed by atoms with van der Waals surface area (Å²) in [6, 6.07) is 9.51. The van der Waals surface area contributed by atoms with Crippen molar-refractivity contribution in [2.45, 2.75) is 6.54 Å². The van der Waals surface area contributed by atoms with E-state index in [1.807, 2.05) is 24.3 Å². The molecule has 0 saturated carbocycles. The van der Waals surface area contributed by atoms with E-state index in [2.05, 4.69) is 15.5 Å². The number of nitrogens with zero attached hydrogens (tertiary/aromatic N) is 2. The Morgan fingerprint density at radius 1 is 1.42 bits per heavy atom. The first-order valence-corrected chi connectivity index (χ1v) is 6.10. The number of nitrogens with two attached hydrogens (primary N) is 1. The number of benzene rings is 1. The van der Waals surface area contributed by atoms with Gasteiger partial charge in [-0.3, -0.25) is 0 Å². The summed E-state index contributed by atoms with van der Waals surface area (Å²) in [5.41, 5.74) is 7.39. The van der Waals surface area contributed by atoms with Gasteiger partial charge in [-0.15, -0.1) is 5.10 Å². The first kappa shape index (κ1) is 13.2. The third-order valence-electron chi connectivity index (χ3n) is 2.58. The molecule has 0 bridgehead atoms. The van der Waals surface area contributed by atoms with Crippen LogP contribution < -0.4 is 15.8 Å². The zero-order valence-corrected chi connectivity index (χ0v) is 11.3. The lowest BCUT2D eigenvalue weighted by Crippen LogP contribution is -2.14. The quantitative estimate of drug-likeness (QED) is 0.809. The second kappa shape index (κ2) is 6.10. The molecule has 1 heterocycles. The summed E-state index contributed by atoms with van der Waals surface area (Å²) in [5, 5.41) is 11.0. The van der Waals surface area contributed by atoms with Gasteiger partial charge >= 0.3 is 0 Å². The maximum atomic E-state index is 5.63. The van der Waals surface area contributed by atoms with Gasteiger partial charge in [0.2, 0.25) is 0 Å². The Morgan fingerprint density at radius 3 is 3.00 bits per heavy atom. The van der Waals surface area contributed by atoms with Gasteiger partial charge in [0.25, 0.3) is 0 Å². The van der Waals surface area contributed by atoms with Crippen LogP contribution in [-0.4, -0.2) is 22.3 Å². The third-order valence-corrected chi connectivity index (χ3v) is 2.80. The molecule has 0 aliphatic carbocycles. The minimum Gasteiger partial charge on any atom is -0.497 e. The van der Waals surface area contributed by atoms with Crippen molar-refractivity contribution in [2.24, 2.45) is 5.73 Å². The molecule has 0 fully saturated rings. The Labute approximate surface area is 116 Å². The molecule has 6 heteroatoms. The van der Waals surface area contributed by atoms with Crippen molar-refractivity contribution in [2.75, 3.05) is 12.4 Å². The van der Waals surface area contributed by atoms with E-state index in [0.29, 0.717) is 22.9 Å². The van der Waals surface area contributed by atoms with E-state index in [1.165, 1.54) is 0 Å². The summed E-state index contributed by atoms with van der Waals surface area (Å²) in [7, 11) is 1.64. The molecule has 1 aromatic carbocycles. The van der Waals surface area contributed by atoms with Gasteiger partial charge in [-0.1, -0.05) is 24.4 Å². The lowest BCUT2D eigenvalue weighted by atomic mass is 10.2. The summed E-state index contributed by atoms with van der Waals surface area (Å²) in [5.74, 6) is 1.39. The normalized spacial score (nSPS) is 9.95. The van der Waals surface area contributed by atoms with Gasteiger partial charge in [-0.2, -0.15) is 5.10 Å². The molecule has 0 saturated heterocycles. The highest BCUT2D eigenvalue weighted by molar-refractivity contribution is 7.80. The molecule has 0 unspecified atom stereocenters. The van der Waals surface area contributed by atoms with Crippen molar-refractivity contribution in [3.63, 3.8) is 0 Å². The van der Waals surface area contributed by atoms with Crippen LogP contribution in [0.2, 0.25) is 0 Å². The molecule has 0 atom stereocenters. The average molecular weight is 274 g/mol. The number of hydrogen-bond donors (Lipinski definition) is 2. The summed E-state index contributed by atoms with van der Waals surface area (Å²) < 4.78 is 5.17. The lowest BCUT2D eigenvalue weighted by molar-refractivity contribution is 0.414. The minimum absolute atomic E-state index is 0.294. The first-order chi connectivity index (χ1) is 9.20. The van der Waals surface area contributed by atoms with Gasteiger partial charge in [-0.25, -0.2) is 0 Å². The van der Waals surface area contributed by atoms with E-state index in [0.717, 1.165) is 11.3 Å². The lowest BCUT2D eigenvalue weighted by Gasteiger charge is -2.09. The Morgan fingerprint density at radius 2 is 2.26 bits per heavy atom. The molecule has 3 N–H and O–H groups in total. The van der Waals surface area contributed by atoms with Crippen LogP contribution in [0.25, 0.3) is 0 Å². The van der Waals surface area contributed by atoms with Crippen molar-refractivity contribution in [1.82, 2.24) is 10.2 Å². The number of aromatic nitrogens is 2. The van der Waals surface area contributed by atoms with Crippen molar-refractivity contribution in [1.29, 1.82) is 0 Å². The van der Waals surface area contributed by atoms with E-state index < -0.39 is 0 Å². The van der Waals surface area contributed by atoms with Crippen molar-refractivity contribution in [3.8, 4) is 5.75 Å². The topological polar surface area (TPSA) is 73.1 Å². The minimum atomic E-state index is 0.294. The second-order valence-electron chi connectivity index (χ2n) is 3.86. The van der Waals surface area contributed by atoms with Gasteiger partial charge < -0.3 is 15.8 Å². The maximum Gasteiger partial charge on any atom is 0.159 e. The number of rotatable bonds is 5. The molecule has 5 nitrogen and oxygen atoms in total. The van der Waals surface area contributed by atoms with Gasteiger partial charge in [0.15, 0.2) is 5.82 Å². The fourth-order valence-corrected chi connectivity index (χ4v) is 1.79. The summed E-state index contributed by atoms with van der Waals surface area (Å²) >= 11 is 4.97. The Balaban J connectivity index is 2.12. The summed E-state index contributed by atoms with van der Waals surface area (Å²) in [4.78, 5) is 0.294. The van der Waals surface area contributed by atoms with Crippen LogP contribution in [-0.2, 0) is 6.54 Å². The largest absolute Gasteiger partial charge is 0.497 e. The highest BCUT2D eigenvalue weighted by Gasteiger charge is 2.06. The molecule has 2 rings (SSSR count). The molecule has 19 heavy (non-hydrogen) atoms. The van der Waals surface area contributed by atoms with Crippen molar-refractivity contribution >= 4 is 23.0 Å². The van der Waals surface area contributed by atoms with Gasteiger partial charge in [0.05, 0.1) is 18.9 Å². The number of hydrogen-bond acceptors (Lipinski definition) is 5. The van der Waals surface area contributed by atoms with Crippen LogP contribution in [0.3, 0.4) is 0 Å². The molecule has 0 aliphatic rings. The zero-order chi connectivity index (χ0) is 13.7. The summed E-state index contributed by atoms with van der Waals surface area (Å²) in [6.07, 6.45) is 1.56. The van der Waals surface area contributed by atoms with Gasteiger partial charge in [-0.05, 0) is 23.8 Å². The van der Waals surface area contributed by atoms with E-state index in [4.69, 9.17) is 22.7 Å². The molecule has 0 spiro atoms. The standard InChI is InChI=1S/C13H14N4OS/c1-18-10-4-2-3-9(7-10)8-15-13-11(12(14)19)5-6-16-17-13/h2-7H,8H2,1H3,(H2,14,19)(H,15,17). The first-order valence-electron chi connectivity index (χ1n) is 5.69. The van der Waals surface area contributed by atoms with Gasteiger partial charge in [0.1, 0.15) is 10.7 Å². The van der Waals surface area contributed by atoms with E-state index >= 15 is 0 Å².